The van der Waals surface area contributed by atoms with E-state index in [1.165, 1.54) is 10.9 Å². The van der Waals surface area contributed by atoms with Crippen LogP contribution in [-0.2, 0) is 11.2 Å². The van der Waals surface area contributed by atoms with Crippen molar-refractivity contribution in [3.63, 3.8) is 0 Å². The molecule has 0 bridgehead atoms. The molecule has 0 saturated heterocycles. The molecule has 0 spiro atoms. The lowest BCUT2D eigenvalue weighted by Crippen LogP contribution is -2.28. The normalized spacial score (nSPS) is 10.8. The molecular weight excluding hydrogens is 248 g/mol. The van der Waals surface area contributed by atoms with Crippen molar-refractivity contribution in [2.75, 3.05) is 19.5 Å². The molecule has 2 rings (SSSR count). The van der Waals surface area contributed by atoms with Gasteiger partial charge in [-0.2, -0.15) is 0 Å². The lowest BCUT2D eigenvalue weighted by Gasteiger charge is -2.16. The fourth-order valence-electron chi connectivity index (χ4n) is 2.02. The maximum atomic E-state index is 11.6. The van der Waals surface area contributed by atoms with Gasteiger partial charge in [0.1, 0.15) is 0 Å². The molecule has 1 heterocycles. The van der Waals surface area contributed by atoms with E-state index in [2.05, 4.69) is 17.1 Å². The van der Waals surface area contributed by atoms with Gasteiger partial charge in [0.15, 0.2) is 0 Å². The number of benzene rings is 1. The van der Waals surface area contributed by atoms with Crippen LogP contribution in [0.2, 0.25) is 0 Å². The molecule has 1 amide bonds. The summed E-state index contributed by atoms with van der Waals surface area (Å²) in [7, 11) is 1.82. The number of hydrogen-bond acceptors (Lipinski definition) is 1. The minimum Gasteiger partial charge on any atom is -0.361 e. The number of nitrogens with zero attached hydrogens (tertiary/aromatic N) is 1. The Morgan fingerprint density at radius 1 is 1.39 bits per heavy atom. The Morgan fingerprint density at radius 3 is 2.94 bits per heavy atom. The molecular formula is C14H17ClN2O. The highest BCUT2D eigenvalue weighted by Gasteiger charge is 2.09. The van der Waals surface area contributed by atoms with Crippen molar-refractivity contribution in [1.29, 1.82) is 0 Å². The van der Waals surface area contributed by atoms with Gasteiger partial charge in [-0.1, -0.05) is 18.2 Å². The lowest BCUT2D eigenvalue weighted by atomic mass is 10.1. The molecule has 4 heteroatoms. The average Bonchev–Trinajstić information content (AvgIpc) is 2.79. The number of alkyl halides is 1. The topological polar surface area (TPSA) is 36.1 Å². The van der Waals surface area contributed by atoms with E-state index in [0.29, 0.717) is 12.3 Å². The van der Waals surface area contributed by atoms with Crippen molar-refractivity contribution in [3.8, 4) is 0 Å². The van der Waals surface area contributed by atoms with Crippen LogP contribution in [0.1, 0.15) is 12.0 Å². The van der Waals surface area contributed by atoms with E-state index in [0.717, 1.165) is 18.5 Å². The fraction of sp³-hybridized carbons (Fsp3) is 0.357. The van der Waals surface area contributed by atoms with Gasteiger partial charge in [-0.15, -0.1) is 11.6 Å². The molecule has 1 aromatic heterocycles. The molecule has 0 aliphatic carbocycles. The summed E-state index contributed by atoms with van der Waals surface area (Å²) in [5, 5.41) is 1.23. The molecule has 0 fully saturated rings. The molecule has 2 aromatic rings. The van der Waals surface area contributed by atoms with Crippen LogP contribution in [0.5, 0.6) is 0 Å². The van der Waals surface area contributed by atoms with Gasteiger partial charge in [-0.25, -0.2) is 0 Å². The molecule has 1 aromatic carbocycles. The third kappa shape index (κ3) is 2.85. The Hall–Kier alpha value is -1.48. The maximum Gasteiger partial charge on any atom is 0.223 e. The number of fused-ring (bicyclic) bond motifs is 1. The molecule has 0 atom stereocenters. The van der Waals surface area contributed by atoms with Gasteiger partial charge in [-0.3, -0.25) is 4.79 Å². The number of H-pyrrole nitrogens is 1. The standard InChI is InChI=1S/C14H17ClN2O/c1-17(14(18)6-8-15)9-7-11-10-16-13-5-3-2-4-12(11)13/h2-5,10,16H,6-9H2,1H3. The third-order valence-electron chi connectivity index (χ3n) is 3.13. The SMILES string of the molecule is CN(CCc1c[nH]c2ccccc12)C(=O)CCCl. The zero-order valence-corrected chi connectivity index (χ0v) is 11.2. The molecule has 3 nitrogen and oxygen atoms in total. The number of hydrogen-bond donors (Lipinski definition) is 1. The van der Waals surface area contributed by atoms with Crippen molar-refractivity contribution < 1.29 is 4.79 Å². The second-order valence-corrected chi connectivity index (χ2v) is 4.74. The van der Waals surface area contributed by atoms with Crippen molar-refractivity contribution in [3.05, 3.63) is 36.0 Å². The van der Waals surface area contributed by atoms with E-state index in [-0.39, 0.29) is 5.91 Å². The predicted octanol–water partition coefficient (Wildman–Crippen LogP) is 2.80. The third-order valence-corrected chi connectivity index (χ3v) is 3.31. The number of para-hydroxylation sites is 1. The molecule has 0 aliphatic rings. The number of halogens is 1. The summed E-state index contributed by atoms with van der Waals surface area (Å²) in [5.74, 6) is 0.487. The maximum absolute atomic E-state index is 11.6. The Kier molecular flexibility index (Phi) is 4.26. The zero-order chi connectivity index (χ0) is 13.0. The van der Waals surface area contributed by atoms with E-state index in [9.17, 15) is 4.79 Å². The fourth-order valence-corrected chi connectivity index (χ4v) is 2.18. The van der Waals surface area contributed by atoms with Crippen LogP contribution in [0.4, 0.5) is 0 Å². The minimum atomic E-state index is 0.102. The van der Waals surface area contributed by atoms with Gasteiger partial charge < -0.3 is 9.88 Å². The van der Waals surface area contributed by atoms with E-state index in [1.807, 2.05) is 25.4 Å². The van der Waals surface area contributed by atoms with Crippen LogP contribution in [0.3, 0.4) is 0 Å². The smallest absolute Gasteiger partial charge is 0.223 e. The highest BCUT2D eigenvalue weighted by atomic mass is 35.5. The summed E-state index contributed by atoms with van der Waals surface area (Å²) in [4.78, 5) is 16.6. The molecule has 1 N–H and O–H groups in total. The first kappa shape index (κ1) is 13.0. The Bertz CT molecular complexity index is 535. The quantitative estimate of drug-likeness (QED) is 0.829. The van der Waals surface area contributed by atoms with Crippen LogP contribution >= 0.6 is 11.6 Å². The molecule has 18 heavy (non-hydrogen) atoms. The molecule has 0 unspecified atom stereocenters. The largest absolute Gasteiger partial charge is 0.361 e. The van der Waals surface area contributed by atoms with E-state index < -0.39 is 0 Å². The minimum absolute atomic E-state index is 0.102. The highest BCUT2D eigenvalue weighted by Crippen LogP contribution is 2.18. The number of carbonyl (C=O) groups excluding carboxylic acids is 1. The van der Waals surface area contributed by atoms with Gasteiger partial charge >= 0.3 is 0 Å². The van der Waals surface area contributed by atoms with Crippen molar-refractivity contribution in [2.45, 2.75) is 12.8 Å². The van der Waals surface area contributed by atoms with Gasteiger partial charge in [0.25, 0.3) is 0 Å². The summed E-state index contributed by atoms with van der Waals surface area (Å²) in [6, 6.07) is 8.20. The number of likely N-dealkylation sites (N-methyl/N-ethyl adjacent to an activating group) is 1. The lowest BCUT2D eigenvalue weighted by molar-refractivity contribution is -0.129. The summed E-state index contributed by atoms with van der Waals surface area (Å²) in [6.07, 6.45) is 3.28. The van der Waals surface area contributed by atoms with Crippen LogP contribution in [0.15, 0.2) is 30.5 Å². The number of rotatable bonds is 5. The van der Waals surface area contributed by atoms with Crippen LogP contribution < -0.4 is 0 Å². The van der Waals surface area contributed by atoms with Gasteiger partial charge in [0.05, 0.1) is 0 Å². The second-order valence-electron chi connectivity index (χ2n) is 4.36. The first-order valence-corrected chi connectivity index (χ1v) is 6.60. The number of amides is 1. The first-order chi connectivity index (χ1) is 8.72. The highest BCUT2D eigenvalue weighted by molar-refractivity contribution is 6.18. The summed E-state index contributed by atoms with van der Waals surface area (Å²) >= 11 is 5.57. The predicted molar refractivity (Wildman–Crippen MR) is 75.0 cm³/mol. The van der Waals surface area contributed by atoms with Crippen molar-refractivity contribution in [2.24, 2.45) is 0 Å². The van der Waals surface area contributed by atoms with Gasteiger partial charge in [-0.05, 0) is 18.1 Å². The van der Waals surface area contributed by atoms with Crippen LogP contribution in [-0.4, -0.2) is 35.3 Å². The van der Waals surface area contributed by atoms with E-state index in [4.69, 9.17) is 11.6 Å². The van der Waals surface area contributed by atoms with Crippen LogP contribution in [0.25, 0.3) is 10.9 Å². The van der Waals surface area contributed by atoms with Gasteiger partial charge in [0.2, 0.25) is 5.91 Å². The summed E-state index contributed by atoms with van der Waals surface area (Å²) in [5.41, 5.74) is 2.39. The van der Waals surface area contributed by atoms with Gasteiger partial charge in [0, 0.05) is 43.0 Å². The van der Waals surface area contributed by atoms with E-state index >= 15 is 0 Å². The number of carbonyl (C=O) groups is 1. The Labute approximate surface area is 112 Å². The summed E-state index contributed by atoms with van der Waals surface area (Å²) < 4.78 is 0. The molecule has 96 valence electrons. The van der Waals surface area contributed by atoms with Crippen molar-refractivity contribution >= 4 is 28.4 Å². The Morgan fingerprint density at radius 2 is 2.17 bits per heavy atom. The monoisotopic (exact) mass is 264 g/mol. The molecule has 0 radical (unpaired) electrons. The van der Waals surface area contributed by atoms with E-state index in [1.54, 1.807) is 4.90 Å². The molecule has 0 saturated carbocycles. The first-order valence-electron chi connectivity index (χ1n) is 6.07. The second kappa shape index (κ2) is 5.91. The zero-order valence-electron chi connectivity index (χ0n) is 10.4. The summed E-state index contributed by atoms with van der Waals surface area (Å²) in [6.45, 7) is 0.720. The number of aromatic amines is 1. The number of nitrogens with one attached hydrogen (secondary N) is 1. The molecule has 0 aliphatic heterocycles. The van der Waals surface area contributed by atoms with Crippen LogP contribution in [0, 0.1) is 0 Å². The van der Waals surface area contributed by atoms with Crippen molar-refractivity contribution in [1.82, 2.24) is 9.88 Å². The Balaban J connectivity index is 2.00. The number of aromatic nitrogens is 1. The average molecular weight is 265 g/mol.